The largest absolute Gasteiger partial charge is 0.463 e. The Morgan fingerprint density at radius 3 is 2.68 bits per heavy atom. The maximum Gasteiger partial charge on any atom is 0.291 e. The normalized spacial score (nSPS) is 15.7. The smallest absolute Gasteiger partial charge is 0.291 e. The van der Waals surface area contributed by atoms with Gasteiger partial charge in [-0.15, -0.1) is 0 Å². The number of rotatable bonds is 4. The molecule has 1 saturated heterocycles. The van der Waals surface area contributed by atoms with E-state index in [1.54, 1.807) is 22.9 Å². The highest BCUT2D eigenvalue weighted by Crippen LogP contribution is 2.22. The van der Waals surface area contributed by atoms with Crippen LogP contribution in [-0.2, 0) is 4.79 Å². The summed E-state index contributed by atoms with van der Waals surface area (Å²) < 4.78 is 8.57. The molecule has 1 amide bonds. The van der Waals surface area contributed by atoms with E-state index in [-0.39, 0.29) is 11.5 Å². The van der Waals surface area contributed by atoms with Gasteiger partial charge in [-0.2, -0.15) is 5.10 Å². The lowest BCUT2D eigenvalue weighted by Gasteiger charge is -2.37. The van der Waals surface area contributed by atoms with Crippen LogP contribution in [0.1, 0.15) is 25.2 Å². The summed E-state index contributed by atoms with van der Waals surface area (Å²) in [5, 5.41) is 4.51. The van der Waals surface area contributed by atoms with Crippen LogP contribution < -0.4 is 10.5 Å². The molecule has 0 N–H and O–H groups in total. The van der Waals surface area contributed by atoms with Crippen LogP contribution in [0, 0.1) is 6.92 Å². The third-order valence-corrected chi connectivity index (χ3v) is 5.96. The minimum Gasteiger partial charge on any atom is -0.463 e. The Kier molecular flexibility index (Phi) is 4.72. The first-order chi connectivity index (χ1) is 15.1. The molecule has 0 unspecified atom stereocenters. The molecule has 4 aromatic heterocycles. The molecule has 5 rings (SSSR count). The fraction of sp³-hybridized carbons (Fsp3) is 0.364. The SMILES string of the molecule is CC[C@@H](C(=O)N1CCN(c2ccccn2)CC1)n1nc(C)n2c(cc3occc32)c1=O. The maximum absolute atomic E-state index is 13.4. The van der Waals surface area contributed by atoms with E-state index in [2.05, 4.69) is 15.0 Å². The number of aryl methyl sites for hydroxylation is 1. The molecule has 4 aromatic rings. The predicted molar refractivity (Wildman–Crippen MR) is 116 cm³/mol. The zero-order chi connectivity index (χ0) is 21.5. The summed E-state index contributed by atoms with van der Waals surface area (Å²) in [6, 6.07) is 8.71. The van der Waals surface area contributed by atoms with Crippen LogP contribution >= 0.6 is 0 Å². The monoisotopic (exact) mass is 420 g/mol. The molecule has 1 atom stereocenters. The highest BCUT2D eigenvalue weighted by molar-refractivity contribution is 5.83. The Bertz CT molecular complexity index is 1300. The van der Waals surface area contributed by atoms with Crippen molar-refractivity contribution in [1.82, 2.24) is 24.1 Å². The van der Waals surface area contributed by atoms with E-state index >= 15 is 0 Å². The van der Waals surface area contributed by atoms with Crippen molar-refractivity contribution in [3.63, 3.8) is 0 Å². The molecular weight excluding hydrogens is 396 g/mol. The zero-order valence-corrected chi connectivity index (χ0v) is 17.6. The highest BCUT2D eigenvalue weighted by Gasteiger charge is 2.30. The predicted octanol–water partition coefficient (Wildman–Crippen LogP) is 2.25. The number of hydrogen-bond donors (Lipinski definition) is 0. The van der Waals surface area contributed by atoms with Gasteiger partial charge in [-0.25, -0.2) is 9.67 Å². The molecule has 0 saturated carbocycles. The number of anilines is 1. The fourth-order valence-electron chi connectivity index (χ4n) is 4.37. The van der Waals surface area contributed by atoms with Crippen LogP contribution in [0.15, 0.2) is 52.0 Å². The molecule has 160 valence electrons. The summed E-state index contributed by atoms with van der Waals surface area (Å²) in [6.45, 7) is 6.31. The lowest BCUT2D eigenvalue weighted by molar-refractivity contribution is -0.135. The highest BCUT2D eigenvalue weighted by atomic mass is 16.3. The summed E-state index contributed by atoms with van der Waals surface area (Å²) >= 11 is 0. The number of piperazine rings is 1. The van der Waals surface area contributed by atoms with Crippen molar-refractivity contribution in [3.8, 4) is 0 Å². The number of pyridine rings is 1. The van der Waals surface area contributed by atoms with Gasteiger partial charge < -0.3 is 14.2 Å². The average molecular weight is 420 g/mol. The molecule has 9 nitrogen and oxygen atoms in total. The van der Waals surface area contributed by atoms with Gasteiger partial charge in [-0.1, -0.05) is 13.0 Å². The number of aromatic nitrogens is 4. The van der Waals surface area contributed by atoms with Crippen molar-refractivity contribution in [2.45, 2.75) is 26.3 Å². The van der Waals surface area contributed by atoms with Gasteiger partial charge >= 0.3 is 0 Å². The van der Waals surface area contributed by atoms with Crippen LogP contribution in [0.4, 0.5) is 5.82 Å². The molecule has 0 bridgehead atoms. The molecule has 31 heavy (non-hydrogen) atoms. The van der Waals surface area contributed by atoms with Crippen molar-refractivity contribution in [3.05, 3.63) is 59.0 Å². The molecular formula is C22H24N6O3. The number of fused-ring (bicyclic) bond motifs is 3. The van der Waals surface area contributed by atoms with Gasteiger partial charge in [0.15, 0.2) is 5.58 Å². The van der Waals surface area contributed by atoms with Gasteiger partial charge in [-0.3, -0.25) is 14.0 Å². The summed E-state index contributed by atoms with van der Waals surface area (Å²) in [7, 11) is 0. The van der Waals surface area contributed by atoms with Crippen LogP contribution in [-0.4, -0.2) is 56.2 Å². The molecule has 0 radical (unpaired) electrons. The zero-order valence-electron chi connectivity index (χ0n) is 17.6. The van der Waals surface area contributed by atoms with E-state index in [0.717, 1.165) is 11.3 Å². The number of carbonyl (C=O) groups is 1. The van der Waals surface area contributed by atoms with Gasteiger partial charge in [-0.05, 0) is 25.5 Å². The van der Waals surface area contributed by atoms with Crippen molar-refractivity contribution >= 4 is 28.3 Å². The number of furan rings is 1. The summed E-state index contributed by atoms with van der Waals surface area (Å²) in [5.74, 6) is 1.48. The van der Waals surface area contributed by atoms with Crippen LogP contribution in [0.25, 0.3) is 16.6 Å². The van der Waals surface area contributed by atoms with Gasteiger partial charge in [0.2, 0.25) is 5.91 Å². The van der Waals surface area contributed by atoms with Crippen LogP contribution in [0.3, 0.4) is 0 Å². The number of nitrogens with zero attached hydrogens (tertiary/aromatic N) is 6. The van der Waals surface area contributed by atoms with Crippen molar-refractivity contribution in [2.24, 2.45) is 0 Å². The van der Waals surface area contributed by atoms with E-state index in [0.29, 0.717) is 49.5 Å². The molecule has 1 aliphatic rings. The summed E-state index contributed by atoms with van der Waals surface area (Å²) in [4.78, 5) is 35.0. The van der Waals surface area contributed by atoms with Crippen LogP contribution in [0.2, 0.25) is 0 Å². The van der Waals surface area contributed by atoms with Gasteiger partial charge in [0.05, 0.1) is 11.8 Å². The summed E-state index contributed by atoms with van der Waals surface area (Å²) in [6.07, 6.45) is 3.85. The first-order valence-corrected chi connectivity index (χ1v) is 10.5. The first-order valence-electron chi connectivity index (χ1n) is 10.5. The quantitative estimate of drug-likeness (QED) is 0.503. The molecule has 1 aliphatic heterocycles. The van der Waals surface area contributed by atoms with Crippen molar-refractivity contribution in [2.75, 3.05) is 31.1 Å². The maximum atomic E-state index is 13.4. The average Bonchev–Trinajstić information content (AvgIpc) is 3.40. The lowest BCUT2D eigenvalue weighted by atomic mass is 10.1. The molecule has 0 aromatic carbocycles. The van der Waals surface area contributed by atoms with E-state index in [9.17, 15) is 9.59 Å². The van der Waals surface area contributed by atoms with E-state index in [1.807, 2.05) is 43.0 Å². The number of carbonyl (C=O) groups excluding carboxylic acids is 1. The minimum absolute atomic E-state index is 0.0724. The Balaban J connectivity index is 1.42. The summed E-state index contributed by atoms with van der Waals surface area (Å²) in [5.41, 5.74) is 1.61. The molecule has 0 aliphatic carbocycles. The molecule has 5 heterocycles. The van der Waals surface area contributed by atoms with Crippen LogP contribution in [0.5, 0.6) is 0 Å². The van der Waals surface area contributed by atoms with E-state index in [1.165, 1.54) is 4.68 Å². The standard InChI is InChI=1S/C22H24N6O3/c1-3-16(21(29)26-11-9-25(10-12-26)20-6-4-5-8-23-20)28-22(30)18-14-19-17(7-13-31-19)27(18)15(2)24-28/h4-8,13-14,16H,3,9-12H2,1-2H3/t16-/m0/s1. The Morgan fingerprint density at radius 1 is 1.16 bits per heavy atom. The fourth-order valence-corrected chi connectivity index (χ4v) is 4.37. The third kappa shape index (κ3) is 3.17. The second kappa shape index (κ2) is 7.57. The molecule has 0 spiro atoms. The second-order valence-corrected chi connectivity index (χ2v) is 7.76. The van der Waals surface area contributed by atoms with Gasteiger partial charge in [0.25, 0.3) is 5.56 Å². The third-order valence-electron chi connectivity index (χ3n) is 5.96. The Morgan fingerprint density at radius 2 is 1.97 bits per heavy atom. The van der Waals surface area contributed by atoms with Crippen molar-refractivity contribution in [1.29, 1.82) is 0 Å². The Labute approximate surface area is 178 Å². The van der Waals surface area contributed by atoms with E-state index in [4.69, 9.17) is 4.42 Å². The minimum atomic E-state index is -0.640. The topological polar surface area (TPSA) is 88.9 Å². The second-order valence-electron chi connectivity index (χ2n) is 7.76. The first kappa shape index (κ1) is 19.3. The van der Waals surface area contributed by atoms with E-state index < -0.39 is 6.04 Å². The van der Waals surface area contributed by atoms with Gasteiger partial charge in [0, 0.05) is 44.5 Å². The number of amides is 1. The molecule has 1 fully saturated rings. The van der Waals surface area contributed by atoms with Gasteiger partial charge in [0.1, 0.15) is 23.2 Å². The van der Waals surface area contributed by atoms with Crippen molar-refractivity contribution < 1.29 is 9.21 Å². The molecule has 9 heteroatoms. The lowest BCUT2D eigenvalue weighted by Crippen LogP contribution is -2.51. The number of hydrogen-bond acceptors (Lipinski definition) is 6. The Hall–Kier alpha value is -3.62.